The molecule has 0 aliphatic rings. The van der Waals surface area contributed by atoms with Gasteiger partial charge in [-0.05, 0) is 37.1 Å². The van der Waals surface area contributed by atoms with Gasteiger partial charge in [-0.25, -0.2) is 0 Å². The summed E-state index contributed by atoms with van der Waals surface area (Å²) >= 11 is 1.22. The van der Waals surface area contributed by atoms with Gasteiger partial charge in [0.2, 0.25) is 5.91 Å². The van der Waals surface area contributed by atoms with E-state index in [-0.39, 0.29) is 11.7 Å². The minimum absolute atomic E-state index is 0.125. The molecule has 0 atom stereocenters. The minimum Gasteiger partial charge on any atom is -0.497 e. The van der Waals surface area contributed by atoms with Gasteiger partial charge in [0.15, 0.2) is 0 Å². The number of thioether (sulfide) groups is 1. The third kappa shape index (κ3) is 4.46. The fourth-order valence-electron chi connectivity index (χ4n) is 1.95. The highest BCUT2D eigenvalue weighted by molar-refractivity contribution is 7.99. The zero-order valence-corrected chi connectivity index (χ0v) is 14.6. The molecule has 0 aliphatic heterocycles. The van der Waals surface area contributed by atoms with Crippen molar-refractivity contribution in [2.24, 2.45) is 0 Å². The number of benzene rings is 1. The summed E-state index contributed by atoms with van der Waals surface area (Å²) in [7, 11) is 1.61. The number of hydrogen-bond donors (Lipinski definition) is 1. The van der Waals surface area contributed by atoms with E-state index in [9.17, 15) is 10.1 Å². The summed E-state index contributed by atoms with van der Waals surface area (Å²) in [6, 6.07) is 9.62. The maximum absolute atomic E-state index is 12.0. The molecule has 1 aromatic carbocycles. The second-order valence-corrected chi connectivity index (χ2v) is 6.08. The first-order valence-corrected chi connectivity index (χ1v) is 8.30. The molecule has 0 spiro atoms. The van der Waals surface area contributed by atoms with Crippen LogP contribution in [0.4, 0.5) is 0 Å². The second kappa shape index (κ2) is 8.31. The van der Waals surface area contributed by atoms with Gasteiger partial charge in [-0.1, -0.05) is 23.9 Å². The molecule has 1 amide bonds. The molecule has 0 bridgehead atoms. The van der Waals surface area contributed by atoms with Crippen LogP contribution in [0.2, 0.25) is 0 Å². The molecule has 0 saturated heterocycles. The lowest BCUT2D eigenvalue weighted by Gasteiger charge is -2.08. The van der Waals surface area contributed by atoms with Crippen molar-refractivity contribution < 1.29 is 9.53 Å². The molecular formula is C17H18N4O2S. The molecule has 1 aromatic heterocycles. The quantitative estimate of drug-likeness (QED) is 0.811. The molecule has 0 saturated carbocycles. The van der Waals surface area contributed by atoms with E-state index in [4.69, 9.17) is 4.74 Å². The highest BCUT2D eigenvalue weighted by Gasteiger charge is 2.13. The van der Waals surface area contributed by atoms with E-state index in [1.165, 1.54) is 11.8 Å². The number of nitrogens with one attached hydrogen (secondary N) is 1. The molecule has 0 unspecified atom stereocenters. The summed E-state index contributed by atoms with van der Waals surface area (Å²) in [5, 5.41) is 20.6. The number of amides is 1. The van der Waals surface area contributed by atoms with Gasteiger partial charge in [0.25, 0.3) is 0 Å². The fraction of sp³-hybridized carbons (Fsp3) is 0.294. The predicted molar refractivity (Wildman–Crippen MR) is 91.8 cm³/mol. The standard InChI is InChI=1S/C17H18N4O2S/c1-11-12(2)20-21-17(15(11)8-18)24-10-16(22)19-9-13-4-6-14(23-3)7-5-13/h4-7H,9-10H2,1-3H3,(H,19,22). The van der Waals surface area contributed by atoms with Crippen molar-refractivity contribution in [3.05, 3.63) is 46.6 Å². The van der Waals surface area contributed by atoms with Gasteiger partial charge in [-0.3, -0.25) is 4.79 Å². The molecule has 1 heterocycles. The Morgan fingerprint density at radius 2 is 2.00 bits per heavy atom. The van der Waals surface area contributed by atoms with Crippen LogP contribution in [0.5, 0.6) is 5.75 Å². The Labute approximate surface area is 145 Å². The second-order valence-electron chi connectivity index (χ2n) is 5.12. The fourth-order valence-corrected chi connectivity index (χ4v) is 2.76. The van der Waals surface area contributed by atoms with Crippen molar-refractivity contribution in [3.63, 3.8) is 0 Å². The average Bonchev–Trinajstić information content (AvgIpc) is 2.61. The van der Waals surface area contributed by atoms with E-state index >= 15 is 0 Å². The van der Waals surface area contributed by atoms with Gasteiger partial charge < -0.3 is 10.1 Å². The molecule has 2 aromatic rings. The first kappa shape index (κ1) is 17.8. The number of rotatable bonds is 6. The van der Waals surface area contributed by atoms with Gasteiger partial charge in [0, 0.05) is 6.54 Å². The number of methoxy groups -OCH3 is 1. The Balaban J connectivity index is 1.89. The zero-order chi connectivity index (χ0) is 17.5. The molecule has 6 nitrogen and oxygen atoms in total. The van der Waals surface area contributed by atoms with E-state index in [1.54, 1.807) is 14.0 Å². The van der Waals surface area contributed by atoms with Crippen LogP contribution in [-0.4, -0.2) is 29.0 Å². The van der Waals surface area contributed by atoms with E-state index in [2.05, 4.69) is 21.6 Å². The molecule has 0 radical (unpaired) electrons. The molecular weight excluding hydrogens is 324 g/mol. The molecule has 0 fully saturated rings. The van der Waals surface area contributed by atoms with Crippen LogP contribution in [-0.2, 0) is 11.3 Å². The third-order valence-corrected chi connectivity index (χ3v) is 4.49. The van der Waals surface area contributed by atoms with Crippen LogP contribution in [0.3, 0.4) is 0 Å². The zero-order valence-electron chi connectivity index (χ0n) is 13.8. The van der Waals surface area contributed by atoms with Gasteiger partial charge in [-0.15, -0.1) is 5.10 Å². The van der Waals surface area contributed by atoms with Gasteiger partial charge in [-0.2, -0.15) is 10.4 Å². The monoisotopic (exact) mass is 342 g/mol. The summed E-state index contributed by atoms with van der Waals surface area (Å²) in [6.45, 7) is 4.07. The highest BCUT2D eigenvalue weighted by Crippen LogP contribution is 2.22. The Kier molecular flexibility index (Phi) is 6.15. The molecule has 24 heavy (non-hydrogen) atoms. The number of carbonyl (C=O) groups excluding carboxylic acids is 1. The van der Waals surface area contributed by atoms with Crippen LogP contribution >= 0.6 is 11.8 Å². The van der Waals surface area contributed by atoms with Gasteiger partial charge in [0.1, 0.15) is 16.8 Å². The van der Waals surface area contributed by atoms with Crippen LogP contribution in [0, 0.1) is 25.2 Å². The van der Waals surface area contributed by atoms with Crippen LogP contribution in [0.25, 0.3) is 0 Å². The Morgan fingerprint density at radius 3 is 2.62 bits per heavy atom. The number of ether oxygens (including phenoxy) is 1. The average molecular weight is 342 g/mol. The normalized spacial score (nSPS) is 10.1. The highest BCUT2D eigenvalue weighted by atomic mass is 32.2. The first-order valence-electron chi connectivity index (χ1n) is 7.31. The van der Waals surface area contributed by atoms with E-state index < -0.39 is 0 Å². The minimum atomic E-state index is -0.125. The van der Waals surface area contributed by atoms with E-state index in [0.29, 0.717) is 17.1 Å². The number of carbonyl (C=O) groups is 1. The SMILES string of the molecule is COc1ccc(CNC(=O)CSc2nnc(C)c(C)c2C#N)cc1. The molecule has 1 N–H and O–H groups in total. The number of aromatic nitrogens is 2. The largest absolute Gasteiger partial charge is 0.497 e. The van der Waals surface area contributed by atoms with Crippen molar-refractivity contribution in [2.45, 2.75) is 25.4 Å². The number of hydrogen-bond acceptors (Lipinski definition) is 6. The Hall–Kier alpha value is -2.59. The third-order valence-electron chi connectivity index (χ3n) is 3.52. The van der Waals surface area contributed by atoms with Crippen molar-refractivity contribution in [1.29, 1.82) is 5.26 Å². The number of aryl methyl sites for hydroxylation is 1. The maximum Gasteiger partial charge on any atom is 0.230 e. The van der Waals surface area contributed by atoms with Crippen LogP contribution in [0.15, 0.2) is 29.3 Å². The first-order chi connectivity index (χ1) is 11.5. The Bertz CT molecular complexity index is 769. The topological polar surface area (TPSA) is 87.9 Å². The summed E-state index contributed by atoms with van der Waals surface area (Å²) < 4.78 is 5.09. The maximum atomic E-state index is 12.0. The molecule has 124 valence electrons. The number of nitrogens with zero attached hydrogens (tertiary/aromatic N) is 3. The van der Waals surface area contributed by atoms with Crippen molar-refractivity contribution >= 4 is 17.7 Å². The predicted octanol–water partition coefficient (Wildman–Crippen LogP) is 2.38. The summed E-state index contributed by atoms with van der Waals surface area (Å²) in [5.41, 5.74) is 2.99. The molecule has 2 rings (SSSR count). The molecule has 0 aliphatic carbocycles. The lowest BCUT2D eigenvalue weighted by molar-refractivity contribution is -0.118. The van der Waals surface area contributed by atoms with Crippen LogP contribution in [0.1, 0.15) is 22.4 Å². The summed E-state index contributed by atoms with van der Waals surface area (Å²) in [5.74, 6) is 0.833. The van der Waals surface area contributed by atoms with Crippen molar-refractivity contribution in [1.82, 2.24) is 15.5 Å². The van der Waals surface area contributed by atoms with Gasteiger partial charge in [0.05, 0.1) is 24.1 Å². The van der Waals surface area contributed by atoms with Gasteiger partial charge >= 0.3 is 0 Å². The Morgan fingerprint density at radius 1 is 1.29 bits per heavy atom. The molecule has 7 heteroatoms. The van der Waals surface area contributed by atoms with Crippen LogP contribution < -0.4 is 10.1 Å². The number of nitriles is 1. The lowest BCUT2D eigenvalue weighted by atomic mass is 10.1. The smallest absolute Gasteiger partial charge is 0.230 e. The van der Waals surface area contributed by atoms with E-state index in [0.717, 1.165) is 22.6 Å². The van der Waals surface area contributed by atoms with Crippen molar-refractivity contribution in [3.8, 4) is 11.8 Å². The summed E-state index contributed by atoms with van der Waals surface area (Å²) in [6.07, 6.45) is 0. The summed E-state index contributed by atoms with van der Waals surface area (Å²) in [4.78, 5) is 12.0. The lowest BCUT2D eigenvalue weighted by Crippen LogP contribution is -2.24. The van der Waals surface area contributed by atoms with Crippen molar-refractivity contribution in [2.75, 3.05) is 12.9 Å². The van der Waals surface area contributed by atoms with E-state index in [1.807, 2.05) is 31.2 Å².